The molecular weight excluding hydrogens is 290 g/mol. The molecule has 0 bridgehead atoms. The molecule has 116 valence electrons. The summed E-state index contributed by atoms with van der Waals surface area (Å²) in [6.07, 6.45) is 2.09. The number of rotatable bonds is 5. The summed E-state index contributed by atoms with van der Waals surface area (Å²) in [7, 11) is 0. The van der Waals surface area contributed by atoms with Gasteiger partial charge in [-0.3, -0.25) is 9.69 Å². The van der Waals surface area contributed by atoms with Crippen LogP contribution in [0.15, 0.2) is 36.4 Å². The number of carbonyl (C=O) groups excluding carboxylic acids is 1. The first-order valence-corrected chi connectivity index (χ1v) is 7.88. The Balaban J connectivity index is 1.71. The number of unbranched alkanes of at least 4 members (excludes halogenated alkanes) is 1. The molecule has 0 radical (unpaired) electrons. The van der Waals surface area contributed by atoms with E-state index < -0.39 is 0 Å². The minimum Gasteiger partial charge on any atom is -0.300 e. The van der Waals surface area contributed by atoms with E-state index in [2.05, 4.69) is 22.4 Å². The third-order valence-electron chi connectivity index (χ3n) is 4.28. The monoisotopic (exact) mass is 307 g/mol. The van der Waals surface area contributed by atoms with E-state index in [-0.39, 0.29) is 5.91 Å². The maximum atomic E-state index is 12.8. The van der Waals surface area contributed by atoms with Crippen LogP contribution in [0.2, 0.25) is 0 Å². The molecule has 0 N–H and O–H groups in total. The van der Waals surface area contributed by atoms with Crippen LogP contribution < -0.4 is 4.90 Å². The molecule has 3 aromatic rings. The van der Waals surface area contributed by atoms with Crippen molar-refractivity contribution in [3.05, 3.63) is 47.8 Å². The SMILES string of the molecule is CCCCn1nnnc1CN1C(=O)c2cccc3cccc1c23. The second-order valence-electron chi connectivity index (χ2n) is 5.74. The van der Waals surface area contributed by atoms with Crippen molar-refractivity contribution in [2.45, 2.75) is 32.9 Å². The van der Waals surface area contributed by atoms with Crippen molar-refractivity contribution in [3.63, 3.8) is 0 Å². The number of anilines is 1. The maximum Gasteiger partial charge on any atom is 0.259 e. The molecule has 2 aromatic carbocycles. The highest BCUT2D eigenvalue weighted by molar-refractivity contribution is 6.24. The van der Waals surface area contributed by atoms with Crippen LogP contribution in [0.3, 0.4) is 0 Å². The van der Waals surface area contributed by atoms with Crippen LogP contribution in [0.1, 0.15) is 35.9 Å². The van der Waals surface area contributed by atoms with Crippen LogP contribution >= 0.6 is 0 Å². The highest BCUT2D eigenvalue weighted by Gasteiger charge is 2.30. The van der Waals surface area contributed by atoms with Crippen LogP contribution in [0, 0.1) is 0 Å². The van der Waals surface area contributed by atoms with Crippen LogP contribution in [0.5, 0.6) is 0 Å². The number of nitrogens with zero attached hydrogens (tertiary/aromatic N) is 5. The highest BCUT2D eigenvalue weighted by Crippen LogP contribution is 2.37. The zero-order valence-corrected chi connectivity index (χ0v) is 12.9. The average Bonchev–Trinajstić information content (AvgIpc) is 3.13. The highest BCUT2D eigenvalue weighted by atomic mass is 16.2. The summed E-state index contributed by atoms with van der Waals surface area (Å²) in [5, 5.41) is 14.0. The Labute approximate surface area is 133 Å². The summed E-state index contributed by atoms with van der Waals surface area (Å²) in [4.78, 5) is 14.5. The van der Waals surface area contributed by atoms with E-state index in [0.717, 1.165) is 47.2 Å². The van der Waals surface area contributed by atoms with Gasteiger partial charge in [0.2, 0.25) is 0 Å². The van der Waals surface area contributed by atoms with Crippen LogP contribution in [-0.2, 0) is 13.1 Å². The zero-order chi connectivity index (χ0) is 15.8. The number of aromatic nitrogens is 4. The largest absolute Gasteiger partial charge is 0.300 e. The third kappa shape index (κ3) is 2.18. The van der Waals surface area contributed by atoms with E-state index in [0.29, 0.717) is 6.54 Å². The van der Waals surface area contributed by atoms with Gasteiger partial charge in [-0.2, -0.15) is 0 Å². The molecule has 0 spiro atoms. The Kier molecular flexibility index (Phi) is 3.29. The molecule has 0 unspecified atom stereocenters. The molecule has 1 amide bonds. The van der Waals surface area contributed by atoms with Crippen LogP contribution in [0.25, 0.3) is 10.8 Å². The first-order valence-electron chi connectivity index (χ1n) is 7.88. The number of hydrogen-bond acceptors (Lipinski definition) is 4. The fraction of sp³-hybridized carbons (Fsp3) is 0.294. The number of aryl methyl sites for hydroxylation is 1. The predicted octanol–water partition coefficient (Wildman–Crippen LogP) is 2.79. The standard InChI is InChI=1S/C17H17N5O/c1-2-3-10-22-15(18-19-20-22)11-21-14-9-5-7-12-6-4-8-13(16(12)14)17(21)23/h4-9H,2-3,10-11H2,1H3. The molecule has 6 heteroatoms. The summed E-state index contributed by atoms with van der Waals surface area (Å²) in [5.74, 6) is 0.735. The van der Waals surface area contributed by atoms with Crippen molar-refractivity contribution in [3.8, 4) is 0 Å². The number of benzene rings is 2. The topological polar surface area (TPSA) is 63.9 Å². The molecule has 1 aliphatic rings. The summed E-state index contributed by atoms with van der Waals surface area (Å²) in [6.45, 7) is 3.30. The summed E-state index contributed by atoms with van der Waals surface area (Å²) in [6, 6.07) is 11.8. The minimum atomic E-state index is 0.0156. The molecular formula is C17H17N5O. The van der Waals surface area contributed by atoms with Gasteiger partial charge in [0.15, 0.2) is 5.82 Å². The van der Waals surface area contributed by atoms with E-state index in [9.17, 15) is 4.79 Å². The van der Waals surface area contributed by atoms with Crippen molar-refractivity contribution in [2.24, 2.45) is 0 Å². The first-order chi connectivity index (χ1) is 11.3. The normalized spacial score (nSPS) is 13.3. The van der Waals surface area contributed by atoms with Crippen LogP contribution in [-0.4, -0.2) is 26.1 Å². The number of hydrogen-bond donors (Lipinski definition) is 0. The van der Waals surface area contributed by atoms with Gasteiger partial charge in [-0.1, -0.05) is 37.6 Å². The number of carbonyl (C=O) groups is 1. The van der Waals surface area contributed by atoms with E-state index in [4.69, 9.17) is 0 Å². The summed E-state index contributed by atoms with van der Waals surface area (Å²) < 4.78 is 1.79. The number of amides is 1. The van der Waals surface area contributed by atoms with Crippen molar-refractivity contribution in [2.75, 3.05) is 4.90 Å². The van der Waals surface area contributed by atoms with Crippen molar-refractivity contribution in [1.29, 1.82) is 0 Å². The molecule has 1 aromatic heterocycles. The molecule has 0 atom stereocenters. The first kappa shape index (κ1) is 13.9. The van der Waals surface area contributed by atoms with Gasteiger partial charge < -0.3 is 0 Å². The lowest BCUT2D eigenvalue weighted by atomic mass is 10.1. The maximum absolute atomic E-state index is 12.8. The molecule has 0 aliphatic carbocycles. The molecule has 6 nitrogen and oxygen atoms in total. The van der Waals surface area contributed by atoms with Gasteiger partial charge >= 0.3 is 0 Å². The molecule has 23 heavy (non-hydrogen) atoms. The average molecular weight is 307 g/mol. The van der Waals surface area contributed by atoms with Gasteiger partial charge in [-0.15, -0.1) is 5.10 Å². The Morgan fingerprint density at radius 1 is 1.13 bits per heavy atom. The lowest BCUT2D eigenvalue weighted by Crippen LogP contribution is -2.28. The van der Waals surface area contributed by atoms with Gasteiger partial charge in [-0.05, 0) is 34.4 Å². The Hall–Kier alpha value is -2.76. The molecule has 0 fully saturated rings. The number of tetrazole rings is 1. The minimum absolute atomic E-state index is 0.0156. The summed E-state index contributed by atoms with van der Waals surface area (Å²) in [5.41, 5.74) is 1.69. The van der Waals surface area contributed by atoms with E-state index in [1.807, 2.05) is 36.4 Å². The van der Waals surface area contributed by atoms with Gasteiger partial charge in [0.05, 0.1) is 12.2 Å². The van der Waals surface area contributed by atoms with Crippen molar-refractivity contribution >= 4 is 22.4 Å². The van der Waals surface area contributed by atoms with Gasteiger partial charge in [0, 0.05) is 17.5 Å². The molecule has 4 rings (SSSR count). The van der Waals surface area contributed by atoms with E-state index in [1.165, 1.54) is 0 Å². The predicted molar refractivity (Wildman–Crippen MR) is 87.2 cm³/mol. The second kappa shape index (κ2) is 5.46. The fourth-order valence-corrected chi connectivity index (χ4v) is 3.10. The third-order valence-corrected chi connectivity index (χ3v) is 4.28. The van der Waals surface area contributed by atoms with Crippen molar-refractivity contribution in [1.82, 2.24) is 20.2 Å². The molecule has 0 saturated carbocycles. The van der Waals surface area contributed by atoms with Gasteiger partial charge in [0.25, 0.3) is 5.91 Å². The lowest BCUT2D eigenvalue weighted by Gasteiger charge is -2.17. The Morgan fingerprint density at radius 2 is 1.96 bits per heavy atom. The lowest BCUT2D eigenvalue weighted by molar-refractivity contribution is 0.0990. The fourth-order valence-electron chi connectivity index (χ4n) is 3.10. The van der Waals surface area contributed by atoms with Crippen LogP contribution in [0.4, 0.5) is 5.69 Å². The molecule has 2 heterocycles. The quantitative estimate of drug-likeness (QED) is 0.727. The zero-order valence-electron chi connectivity index (χ0n) is 12.9. The molecule has 1 aliphatic heterocycles. The van der Waals surface area contributed by atoms with E-state index in [1.54, 1.807) is 9.58 Å². The smallest absolute Gasteiger partial charge is 0.259 e. The van der Waals surface area contributed by atoms with Crippen molar-refractivity contribution < 1.29 is 4.79 Å². The Morgan fingerprint density at radius 3 is 2.78 bits per heavy atom. The summed E-state index contributed by atoms with van der Waals surface area (Å²) >= 11 is 0. The molecule has 0 saturated heterocycles. The van der Waals surface area contributed by atoms with Gasteiger partial charge in [-0.25, -0.2) is 4.68 Å². The Bertz CT molecular complexity index is 880. The van der Waals surface area contributed by atoms with E-state index >= 15 is 0 Å². The van der Waals surface area contributed by atoms with Gasteiger partial charge in [0.1, 0.15) is 0 Å². The second-order valence-corrected chi connectivity index (χ2v) is 5.74.